The fraction of sp³-hybridized carbons (Fsp3) is 0.333. The Balaban J connectivity index is 2.76. The molecule has 1 aromatic heterocycles. The van der Waals surface area contributed by atoms with E-state index in [1.165, 1.54) is 0 Å². The molecule has 19 heavy (non-hydrogen) atoms. The Morgan fingerprint density at radius 1 is 1.16 bits per heavy atom. The zero-order chi connectivity index (χ0) is 14.2. The van der Waals surface area contributed by atoms with Crippen LogP contribution >= 0.6 is 0 Å². The lowest BCUT2D eigenvalue weighted by atomic mass is 10.0. The number of H-pyrrole nitrogens is 1. The lowest BCUT2D eigenvalue weighted by molar-refractivity contribution is 0.412. The van der Waals surface area contributed by atoms with E-state index in [0.717, 1.165) is 28.1 Å². The van der Waals surface area contributed by atoms with Gasteiger partial charge in [0.2, 0.25) is 0 Å². The summed E-state index contributed by atoms with van der Waals surface area (Å²) in [5.41, 5.74) is 4.70. The molecule has 0 saturated carbocycles. The first-order chi connectivity index (χ1) is 8.95. The van der Waals surface area contributed by atoms with Gasteiger partial charge in [-0.2, -0.15) is 0 Å². The molecule has 4 nitrogen and oxygen atoms in total. The lowest BCUT2D eigenvalue weighted by Gasteiger charge is -2.13. The van der Waals surface area contributed by atoms with Crippen molar-refractivity contribution in [3.8, 4) is 17.0 Å². The van der Waals surface area contributed by atoms with E-state index in [0.29, 0.717) is 11.4 Å². The van der Waals surface area contributed by atoms with Gasteiger partial charge in [-0.05, 0) is 44.9 Å². The first-order valence-corrected chi connectivity index (χ1v) is 6.17. The van der Waals surface area contributed by atoms with Gasteiger partial charge in [0.25, 0.3) is 5.56 Å². The summed E-state index contributed by atoms with van der Waals surface area (Å²) in [7, 11) is 1.61. The van der Waals surface area contributed by atoms with Crippen molar-refractivity contribution in [2.45, 2.75) is 27.7 Å². The maximum Gasteiger partial charge on any atom is 0.274 e. The van der Waals surface area contributed by atoms with Crippen LogP contribution < -0.4 is 10.3 Å². The average molecular weight is 258 g/mol. The number of aromatic amines is 1. The summed E-state index contributed by atoms with van der Waals surface area (Å²) in [5, 5.41) is 0. The molecule has 0 aliphatic rings. The molecule has 100 valence electrons. The Hall–Kier alpha value is -2.10. The first kappa shape index (κ1) is 13.3. The van der Waals surface area contributed by atoms with Crippen molar-refractivity contribution in [2.75, 3.05) is 7.11 Å². The van der Waals surface area contributed by atoms with Gasteiger partial charge in [-0.15, -0.1) is 0 Å². The maximum absolute atomic E-state index is 12.1. The highest BCUT2D eigenvalue weighted by molar-refractivity contribution is 5.69. The summed E-state index contributed by atoms with van der Waals surface area (Å²) in [6.45, 7) is 7.71. The molecule has 4 heteroatoms. The van der Waals surface area contributed by atoms with Gasteiger partial charge in [-0.1, -0.05) is 6.07 Å². The molecule has 1 aromatic carbocycles. The number of hydrogen-bond donors (Lipinski definition) is 1. The van der Waals surface area contributed by atoms with Crippen LogP contribution in [-0.4, -0.2) is 17.1 Å². The number of rotatable bonds is 2. The van der Waals surface area contributed by atoms with Crippen LogP contribution in [0.25, 0.3) is 11.3 Å². The molecule has 0 bridgehead atoms. The second-order valence-electron chi connectivity index (χ2n) is 4.71. The number of aryl methyl sites for hydroxylation is 3. The minimum absolute atomic E-state index is 0.190. The van der Waals surface area contributed by atoms with Gasteiger partial charge in [-0.25, -0.2) is 4.98 Å². The van der Waals surface area contributed by atoms with Crippen molar-refractivity contribution in [3.05, 3.63) is 45.0 Å². The normalized spacial score (nSPS) is 10.6. The van der Waals surface area contributed by atoms with E-state index in [4.69, 9.17) is 4.74 Å². The van der Waals surface area contributed by atoms with E-state index >= 15 is 0 Å². The monoisotopic (exact) mass is 258 g/mol. The molecule has 0 fully saturated rings. The first-order valence-electron chi connectivity index (χ1n) is 6.17. The zero-order valence-electron chi connectivity index (χ0n) is 11.9. The van der Waals surface area contributed by atoms with E-state index in [-0.39, 0.29) is 5.56 Å². The minimum Gasteiger partial charge on any atom is -0.496 e. The summed E-state index contributed by atoms with van der Waals surface area (Å²) >= 11 is 0. The number of nitrogens with zero attached hydrogens (tertiary/aromatic N) is 1. The molecule has 0 amide bonds. The van der Waals surface area contributed by atoms with Crippen molar-refractivity contribution >= 4 is 0 Å². The summed E-state index contributed by atoms with van der Waals surface area (Å²) in [6, 6.07) is 3.86. The minimum atomic E-state index is -0.190. The molecule has 0 saturated heterocycles. The fourth-order valence-corrected chi connectivity index (χ4v) is 2.04. The summed E-state index contributed by atoms with van der Waals surface area (Å²) in [6.07, 6.45) is 0. The van der Waals surface area contributed by atoms with Crippen LogP contribution in [0.4, 0.5) is 0 Å². The van der Waals surface area contributed by atoms with Crippen molar-refractivity contribution in [1.82, 2.24) is 9.97 Å². The van der Waals surface area contributed by atoms with Crippen LogP contribution in [-0.2, 0) is 0 Å². The SMILES string of the molecule is COc1c(-c2nc(C)c(C)[nH]c2=O)ccc(C)c1C. The standard InChI is InChI=1S/C15H18N2O2/c1-8-6-7-12(14(19-5)9(8)2)13-15(18)17-11(4)10(3)16-13/h6-7H,1-5H3,(H,17,18). The average Bonchev–Trinajstić information content (AvgIpc) is 2.37. The topological polar surface area (TPSA) is 55.0 Å². The van der Waals surface area contributed by atoms with Gasteiger partial charge < -0.3 is 9.72 Å². The predicted molar refractivity (Wildman–Crippen MR) is 75.8 cm³/mol. The van der Waals surface area contributed by atoms with E-state index < -0.39 is 0 Å². The van der Waals surface area contributed by atoms with E-state index in [2.05, 4.69) is 9.97 Å². The van der Waals surface area contributed by atoms with Crippen LogP contribution in [0.5, 0.6) is 5.75 Å². The van der Waals surface area contributed by atoms with Crippen LogP contribution in [0.15, 0.2) is 16.9 Å². The van der Waals surface area contributed by atoms with Gasteiger partial charge in [0.05, 0.1) is 12.8 Å². The molecule has 0 unspecified atom stereocenters. The van der Waals surface area contributed by atoms with Crippen LogP contribution in [0, 0.1) is 27.7 Å². The summed E-state index contributed by atoms with van der Waals surface area (Å²) in [5.74, 6) is 0.709. The third-order valence-electron chi connectivity index (χ3n) is 3.47. The second kappa shape index (κ2) is 4.88. The molecule has 0 aliphatic carbocycles. The van der Waals surface area contributed by atoms with Crippen LogP contribution in [0.3, 0.4) is 0 Å². The third-order valence-corrected chi connectivity index (χ3v) is 3.47. The number of ether oxygens (including phenoxy) is 1. The molecule has 0 radical (unpaired) electrons. The van der Waals surface area contributed by atoms with Gasteiger partial charge in [0, 0.05) is 11.3 Å². The number of aromatic nitrogens is 2. The van der Waals surface area contributed by atoms with Crippen molar-refractivity contribution in [2.24, 2.45) is 0 Å². The molecule has 2 aromatic rings. The van der Waals surface area contributed by atoms with Gasteiger partial charge in [-0.3, -0.25) is 4.79 Å². The largest absolute Gasteiger partial charge is 0.496 e. The molecule has 1 N–H and O–H groups in total. The summed E-state index contributed by atoms with van der Waals surface area (Å²) < 4.78 is 5.44. The van der Waals surface area contributed by atoms with E-state index in [1.807, 2.05) is 39.8 Å². The quantitative estimate of drug-likeness (QED) is 0.901. The third kappa shape index (κ3) is 2.26. The van der Waals surface area contributed by atoms with E-state index in [9.17, 15) is 4.79 Å². The van der Waals surface area contributed by atoms with Crippen molar-refractivity contribution in [3.63, 3.8) is 0 Å². The Bertz CT molecular complexity index is 687. The Morgan fingerprint density at radius 3 is 2.47 bits per heavy atom. The predicted octanol–water partition coefficient (Wildman–Crippen LogP) is 2.68. The number of benzene rings is 1. The smallest absolute Gasteiger partial charge is 0.274 e. The van der Waals surface area contributed by atoms with Crippen LogP contribution in [0.1, 0.15) is 22.5 Å². The van der Waals surface area contributed by atoms with Gasteiger partial charge >= 0.3 is 0 Å². The molecular weight excluding hydrogens is 240 g/mol. The van der Waals surface area contributed by atoms with Crippen molar-refractivity contribution < 1.29 is 4.74 Å². The Kier molecular flexibility index (Phi) is 3.42. The molecular formula is C15H18N2O2. The van der Waals surface area contributed by atoms with Crippen LogP contribution in [0.2, 0.25) is 0 Å². The number of methoxy groups -OCH3 is 1. The zero-order valence-corrected chi connectivity index (χ0v) is 11.9. The lowest BCUT2D eigenvalue weighted by Crippen LogP contribution is -2.15. The molecule has 0 spiro atoms. The Morgan fingerprint density at radius 2 is 1.84 bits per heavy atom. The highest BCUT2D eigenvalue weighted by atomic mass is 16.5. The molecule has 2 rings (SSSR count). The second-order valence-corrected chi connectivity index (χ2v) is 4.71. The number of nitrogens with one attached hydrogen (secondary N) is 1. The Labute approximate surface area is 112 Å². The highest BCUT2D eigenvalue weighted by Crippen LogP contribution is 2.32. The number of hydrogen-bond acceptors (Lipinski definition) is 3. The molecule has 0 atom stereocenters. The fourth-order valence-electron chi connectivity index (χ4n) is 2.04. The molecule has 1 heterocycles. The molecule has 0 aliphatic heterocycles. The highest BCUT2D eigenvalue weighted by Gasteiger charge is 2.15. The van der Waals surface area contributed by atoms with Crippen molar-refractivity contribution in [1.29, 1.82) is 0 Å². The maximum atomic E-state index is 12.1. The van der Waals surface area contributed by atoms with Gasteiger partial charge in [0.1, 0.15) is 11.4 Å². The van der Waals surface area contributed by atoms with Gasteiger partial charge in [0.15, 0.2) is 0 Å². The van der Waals surface area contributed by atoms with E-state index in [1.54, 1.807) is 7.11 Å². The summed E-state index contributed by atoms with van der Waals surface area (Å²) in [4.78, 5) is 19.3.